The van der Waals surface area contributed by atoms with Crippen molar-refractivity contribution < 1.29 is 9.18 Å². The number of halogens is 1. The van der Waals surface area contributed by atoms with Gasteiger partial charge in [0, 0.05) is 11.3 Å². The summed E-state index contributed by atoms with van der Waals surface area (Å²) in [6.45, 7) is 4.34. The molecule has 0 bridgehead atoms. The van der Waals surface area contributed by atoms with Crippen LogP contribution in [0.15, 0.2) is 60.7 Å². The molecule has 0 atom stereocenters. The minimum absolute atomic E-state index is 0.321. The molecule has 0 saturated heterocycles. The number of fused-ring (bicyclic) bond motifs is 1. The van der Waals surface area contributed by atoms with Crippen LogP contribution >= 0.6 is 0 Å². The standard InChI is InChI=1S/C22H19FN4O/c1-14-5-3-4-6-17(14)13-27-21-10-8-16(11-20(21)25-26-27)22(28)24-18-9-7-15(2)19(23)12-18/h3-12H,13H2,1-2H3,(H,24,28). The Balaban J connectivity index is 1.57. The van der Waals surface area contributed by atoms with E-state index in [1.807, 2.05) is 22.9 Å². The van der Waals surface area contributed by atoms with E-state index < -0.39 is 0 Å². The molecular weight excluding hydrogens is 355 g/mol. The Labute approximate surface area is 161 Å². The zero-order valence-electron chi connectivity index (χ0n) is 15.6. The van der Waals surface area contributed by atoms with Crippen LogP contribution in [-0.2, 0) is 6.54 Å². The first-order valence-electron chi connectivity index (χ1n) is 8.96. The maximum Gasteiger partial charge on any atom is 0.255 e. The molecule has 0 unspecified atom stereocenters. The van der Waals surface area contributed by atoms with E-state index in [-0.39, 0.29) is 11.7 Å². The lowest BCUT2D eigenvalue weighted by molar-refractivity contribution is 0.102. The van der Waals surface area contributed by atoms with Crippen molar-refractivity contribution in [2.24, 2.45) is 0 Å². The third-order valence-corrected chi connectivity index (χ3v) is 4.79. The zero-order valence-corrected chi connectivity index (χ0v) is 15.6. The van der Waals surface area contributed by atoms with Crippen LogP contribution < -0.4 is 5.32 Å². The molecule has 0 aliphatic heterocycles. The van der Waals surface area contributed by atoms with Crippen LogP contribution in [0.25, 0.3) is 11.0 Å². The third-order valence-electron chi connectivity index (χ3n) is 4.79. The van der Waals surface area contributed by atoms with Crippen molar-refractivity contribution in [2.75, 3.05) is 5.32 Å². The van der Waals surface area contributed by atoms with Gasteiger partial charge in [0.2, 0.25) is 0 Å². The fourth-order valence-electron chi connectivity index (χ4n) is 3.05. The van der Waals surface area contributed by atoms with Gasteiger partial charge in [0.15, 0.2) is 0 Å². The second kappa shape index (κ2) is 7.23. The average molecular weight is 374 g/mol. The Hall–Kier alpha value is -3.54. The van der Waals surface area contributed by atoms with Crippen LogP contribution in [0.3, 0.4) is 0 Å². The maximum atomic E-state index is 13.7. The first-order chi connectivity index (χ1) is 13.5. The molecule has 140 valence electrons. The Kier molecular flexibility index (Phi) is 4.61. The van der Waals surface area contributed by atoms with Gasteiger partial charge in [-0.3, -0.25) is 4.79 Å². The zero-order chi connectivity index (χ0) is 19.7. The summed E-state index contributed by atoms with van der Waals surface area (Å²) in [5, 5.41) is 11.1. The van der Waals surface area contributed by atoms with E-state index in [2.05, 4.69) is 34.7 Å². The van der Waals surface area contributed by atoms with Gasteiger partial charge in [0.25, 0.3) is 5.91 Å². The number of anilines is 1. The van der Waals surface area contributed by atoms with Gasteiger partial charge in [0.1, 0.15) is 11.3 Å². The van der Waals surface area contributed by atoms with Crippen molar-refractivity contribution in [3.8, 4) is 0 Å². The Morgan fingerprint density at radius 3 is 2.64 bits per heavy atom. The molecule has 1 aromatic heterocycles. The SMILES string of the molecule is Cc1ccc(NC(=O)c2ccc3c(c2)nnn3Cc2ccccc2C)cc1F. The molecule has 1 amide bonds. The largest absolute Gasteiger partial charge is 0.322 e. The third kappa shape index (κ3) is 3.49. The summed E-state index contributed by atoms with van der Waals surface area (Å²) in [5.41, 5.74) is 5.22. The van der Waals surface area contributed by atoms with Crippen LogP contribution in [-0.4, -0.2) is 20.9 Å². The highest BCUT2D eigenvalue weighted by Crippen LogP contribution is 2.19. The number of nitrogens with zero attached hydrogens (tertiary/aromatic N) is 3. The van der Waals surface area contributed by atoms with Gasteiger partial charge in [-0.2, -0.15) is 0 Å². The summed E-state index contributed by atoms with van der Waals surface area (Å²) in [6, 6.07) is 18.0. The van der Waals surface area contributed by atoms with Gasteiger partial charge in [-0.05, 0) is 60.9 Å². The lowest BCUT2D eigenvalue weighted by atomic mass is 10.1. The molecule has 3 aromatic carbocycles. The molecule has 28 heavy (non-hydrogen) atoms. The second-order valence-electron chi connectivity index (χ2n) is 6.80. The minimum atomic E-state index is -0.354. The highest BCUT2D eigenvalue weighted by molar-refractivity contribution is 6.05. The van der Waals surface area contributed by atoms with E-state index in [0.29, 0.717) is 28.9 Å². The molecule has 0 aliphatic rings. The van der Waals surface area contributed by atoms with E-state index >= 15 is 0 Å². The Bertz CT molecular complexity index is 1180. The minimum Gasteiger partial charge on any atom is -0.322 e. The van der Waals surface area contributed by atoms with Gasteiger partial charge in [-0.25, -0.2) is 9.07 Å². The normalized spacial score (nSPS) is 11.0. The first kappa shape index (κ1) is 17.9. The highest BCUT2D eigenvalue weighted by Gasteiger charge is 2.12. The molecule has 0 fully saturated rings. The van der Waals surface area contributed by atoms with Gasteiger partial charge in [0.05, 0.1) is 12.1 Å². The number of aromatic nitrogens is 3. The van der Waals surface area contributed by atoms with Crippen molar-refractivity contribution in [3.05, 3.63) is 88.7 Å². The summed E-state index contributed by atoms with van der Waals surface area (Å²) in [6.07, 6.45) is 0. The monoisotopic (exact) mass is 374 g/mol. The van der Waals surface area contributed by atoms with Crippen molar-refractivity contribution in [1.82, 2.24) is 15.0 Å². The number of aryl methyl sites for hydroxylation is 2. The maximum absolute atomic E-state index is 13.7. The van der Waals surface area contributed by atoms with E-state index in [1.54, 1.807) is 31.2 Å². The molecule has 0 aliphatic carbocycles. The Morgan fingerprint density at radius 2 is 1.86 bits per heavy atom. The van der Waals surface area contributed by atoms with Gasteiger partial charge in [-0.1, -0.05) is 35.5 Å². The molecule has 4 rings (SSSR count). The smallest absolute Gasteiger partial charge is 0.255 e. The molecule has 0 radical (unpaired) electrons. The number of carbonyl (C=O) groups is 1. The molecule has 6 heteroatoms. The number of benzene rings is 3. The molecule has 4 aromatic rings. The summed E-state index contributed by atoms with van der Waals surface area (Å²) in [4.78, 5) is 12.5. The van der Waals surface area contributed by atoms with Gasteiger partial charge >= 0.3 is 0 Å². The first-order valence-corrected chi connectivity index (χ1v) is 8.96. The lowest BCUT2D eigenvalue weighted by Crippen LogP contribution is -2.12. The van der Waals surface area contributed by atoms with E-state index in [4.69, 9.17) is 0 Å². The van der Waals surface area contributed by atoms with Crippen molar-refractivity contribution in [1.29, 1.82) is 0 Å². The van der Waals surface area contributed by atoms with Gasteiger partial charge in [-0.15, -0.1) is 5.10 Å². The fourth-order valence-corrected chi connectivity index (χ4v) is 3.05. The van der Waals surface area contributed by atoms with Gasteiger partial charge < -0.3 is 5.32 Å². The molecule has 5 nitrogen and oxygen atoms in total. The summed E-state index contributed by atoms with van der Waals surface area (Å²) < 4.78 is 15.5. The highest BCUT2D eigenvalue weighted by atomic mass is 19.1. The topological polar surface area (TPSA) is 59.8 Å². The quantitative estimate of drug-likeness (QED) is 0.573. The lowest BCUT2D eigenvalue weighted by Gasteiger charge is -2.08. The fraction of sp³-hybridized carbons (Fsp3) is 0.136. The van der Waals surface area contributed by atoms with Crippen molar-refractivity contribution in [3.63, 3.8) is 0 Å². The summed E-state index contributed by atoms with van der Waals surface area (Å²) in [5.74, 6) is -0.675. The predicted molar refractivity (Wildman–Crippen MR) is 107 cm³/mol. The number of carbonyl (C=O) groups excluding carboxylic acids is 1. The number of rotatable bonds is 4. The van der Waals surface area contributed by atoms with Crippen molar-refractivity contribution in [2.45, 2.75) is 20.4 Å². The Morgan fingerprint density at radius 1 is 1.04 bits per heavy atom. The molecule has 0 saturated carbocycles. The molecule has 1 N–H and O–H groups in total. The van der Waals surface area contributed by atoms with Crippen molar-refractivity contribution >= 4 is 22.6 Å². The number of amides is 1. The van der Waals surface area contributed by atoms with Crippen LogP contribution in [0.5, 0.6) is 0 Å². The number of hydrogen-bond acceptors (Lipinski definition) is 3. The second-order valence-corrected chi connectivity index (χ2v) is 6.80. The van der Waals surface area contributed by atoms with E-state index in [0.717, 1.165) is 11.1 Å². The van der Waals surface area contributed by atoms with Crippen LogP contribution in [0.4, 0.5) is 10.1 Å². The number of nitrogens with one attached hydrogen (secondary N) is 1. The van der Waals surface area contributed by atoms with Crippen LogP contribution in [0, 0.1) is 19.7 Å². The molecule has 1 heterocycles. The molecule has 0 spiro atoms. The average Bonchev–Trinajstić information content (AvgIpc) is 3.08. The predicted octanol–water partition coefficient (Wildman–Crippen LogP) is 4.49. The number of hydrogen-bond donors (Lipinski definition) is 1. The molecular formula is C22H19FN4O. The van der Waals surface area contributed by atoms with E-state index in [9.17, 15) is 9.18 Å². The summed E-state index contributed by atoms with van der Waals surface area (Å²) >= 11 is 0. The summed E-state index contributed by atoms with van der Waals surface area (Å²) in [7, 11) is 0. The van der Waals surface area contributed by atoms with E-state index in [1.165, 1.54) is 11.6 Å². The van der Waals surface area contributed by atoms with Crippen LogP contribution in [0.1, 0.15) is 27.0 Å². The van der Waals surface area contributed by atoms with Crippen LogP contribution in [0.2, 0.25) is 0 Å².